The van der Waals surface area contributed by atoms with Crippen LogP contribution in [0.25, 0.3) is 0 Å². The molecule has 0 saturated heterocycles. The fourth-order valence-corrected chi connectivity index (χ4v) is 2.14. The zero-order valence-electron chi connectivity index (χ0n) is 11.6. The van der Waals surface area contributed by atoms with Crippen LogP contribution in [-0.4, -0.2) is 21.2 Å². The Hall–Kier alpha value is -1.88. The Morgan fingerprint density at radius 2 is 2.25 bits per heavy atom. The fourth-order valence-electron chi connectivity index (χ4n) is 2.14. The fraction of sp³-hybridized carbons (Fsp3) is 0.400. The quantitative estimate of drug-likeness (QED) is 0.765. The number of imidazole rings is 1. The van der Waals surface area contributed by atoms with Crippen molar-refractivity contribution < 1.29 is 9.50 Å². The number of aryl methyl sites for hydroxylation is 1. The lowest BCUT2D eigenvalue weighted by atomic mass is 10.1. The van der Waals surface area contributed by atoms with Crippen LogP contribution in [0.2, 0.25) is 0 Å². The molecule has 1 heterocycles. The lowest BCUT2D eigenvalue weighted by molar-refractivity contribution is 0.446. The molecule has 0 amide bonds. The Morgan fingerprint density at radius 3 is 3.00 bits per heavy atom. The van der Waals surface area contributed by atoms with Crippen LogP contribution in [0.4, 0.5) is 4.39 Å². The molecule has 0 radical (unpaired) electrons. The number of unbranched alkanes of at least 4 members (excludes halogenated alkanes) is 1. The van der Waals surface area contributed by atoms with E-state index in [-0.39, 0.29) is 17.6 Å². The van der Waals surface area contributed by atoms with E-state index < -0.39 is 0 Å². The van der Waals surface area contributed by atoms with Crippen LogP contribution < -0.4 is 5.32 Å². The molecule has 0 aliphatic carbocycles. The summed E-state index contributed by atoms with van der Waals surface area (Å²) in [5, 5.41) is 13.0. The third kappa shape index (κ3) is 4.06. The molecule has 0 aliphatic rings. The lowest BCUT2D eigenvalue weighted by Crippen LogP contribution is -2.20. The third-order valence-corrected chi connectivity index (χ3v) is 3.31. The van der Waals surface area contributed by atoms with Crippen molar-refractivity contribution in [3.8, 4) is 5.75 Å². The number of phenolic OH excluding ortho intramolecular Hbond substituents is 1. The lowest BCUT2D eigenvalue weighted by Gasteiger charge is -2.15. The average molecular weight is 277 g/mol. The summed E-state index contributed by atoms with van der Waals surface area (Å²) in [5.41, 5.74) is 0.597. The summed E-state index contributed by atoms with van der Waals surface area (Å²) in [6, 6.07) is 3.95. The van der Waals surface area contributed by atoms with Gasteiger partial charge < -0.3 is 15.0 Å². The Balaban J connectivity index is 1.72. The van der Waals surface area contributed by atoms with Gasteiger partial charge in [-0.3, -0.25) is 0 Å². The van der Waals surface area contributed by atoms with Crippen LogP contribution in [0.15, 0.2) is 36.9 Å². The normalized spacial score (nSPS) is 12.5. The van der Waals surface area contributed by atoms with Crippen molar-refractivity contribution in [2.24, 2.45) is 0 Å². The second-order valence-electron chi connectivity index (χ2n) is 4.89. The van der Waals surface area contributed by atoms with Crippen LogP contribution in [0, 0.1) is 5.82 Å². The Morgan fingerprint density at radius 1 is 1.40 bits per heavy atom. The van der Waals surface area contributed by atoms with Gasteiger partial charge in [-0.05, 0) is 44.5 Å². The summed E-state index contributed by atoms with van der Waals surface area (Å²) in [6.45, 7) is 3.69. The molecule has 0 spiro atoms. The minimum atomic E-state index is -0.327. The summed E-state index contributed by atoms with van der Waals surface area (Å²) in [6.07, 6.45) is 7.58. The van der Waals surface area contributed by atoms with Crippen molar-refractivity contribution in [3.05, 3.63) is 48.3 Å². The molecule has 108 valence electrons. The summed E-state index contributed by atoms with van der Waals surface area (Å²) >= 11 is 0. The number of phenols is 1. The number of halogens is 1. The standard InChI is InChI=1S/C15H20FN3O/c1-12(14-10-13(16)4-5-15(14)20)18-6-2-3-8-19-9-7-17-11-19/h4-5,7,9-12,18,20H,2-3,6,8H2,1H3. The van der Waals surface area contributed by atoms with E-state index in [1.54, 1.807) is 12.5 Å². The SMILES string of the molecule is CC(NCCCCn1ccnc1)c1cc(F)ccc1O. The summed E-state index contributed by atoms with van der Waals surface area (Å²) in [4.78, 5) is 3.99. The first-order valence-corrected chi connectivity index (χ1v) is 6.84. The minimum Gasteiger partial charge on any atom is -0.508 e. The van der Waals surface area contributed by atoms with Crippen molar-refractivity contribution in [2.75, 3.05) is 6.54 Å². The van der Waals surface area contributed by atoms with E-state index in [9.17, 15) is 9.50 Å². The number of rotatable bonds is 7. The number of benzene rings is 1. The van der Waals surface area contributed by atoms with E-state index in [0.717, 1.165) is 25.9 Å². The molecule has 2 aromatic rings. The first kappa shape index (κ1) is 14.5. The average Bonchev–Trinajstić information content (AvgIpc) is 2.94. The first-order chi connectivity index (χ1) is 9.66. The number of hydrogen-bond donors (Lipinski definition) is 2. The third-order valence-electron chi connectivity index (χ3n) is 3.31. The molecule has 4 nitrogen and oxygen atoms in total. The van der Waals surface area contributed by atoms with Gasteiger partial charge in [0.05, 0.1) is 6.33 Å². The summed E-state index contributed by atoms with van der Waals surface area (Å²) in [7, 11) is 0. The topological polar surface area (TPSA) is 50.1 Å². The molecule has 0 bridgehead atoms. The van der Waals surface area contributed by atoms with Gasteiger partial charge in [0.1, 0.15) is 11.6 Å². The highest BCUT2D eigenvalue weighted by atomic mass is 19.1. The van der Waals surface area contributed by atoms with E-state index in [4.69, 9.17) is 0 Å². The highest BCUT2D eigenvalue weighted by Crippen LogP contribution is 2.24. The van der Waals surface area contributed by atoms with Gasteiger partial charge in [-0.2, -0.15) is 0 Å². The van der Waals surface area contributed by atoms with Crippen LogP contribution >= 0.6 is 0 Å². The molecule has 0 aliphatic heterocycles. The van der Waals surface area contributed by atoms with Crippen LogP contribution in [-0.2, 0) is 6.54 Å². The van der Waals surface area contributed by atoms with Gasteiger partial charge in [-0.25, -0.2) is 9.37 Å². The molecule has 5 heteroatoms. The maximum atomic E-state index is 13.2. The van der Waals surface area contributed by atoms with Gasteiger partial charge in [0.25, 0.3) is 0 Å². The Bertz CT molecular complexity index is 528. The second kappa shape index (κ2) is 7.05. The molecule has 0 fully saturated rings. The highest BCUT2D eigenvalue weighted by Gasteiger charge is 2.10. The zero-order valence-corrected chi connectivity index (χ0v) is 11.6. The highest BCUT2D eigenvalue weighted by molar-refractivity contribution is 5.34. The number of aromatic nitrogens is 2. The molecule has 1 atom stereocenters. The maximum absolute atomic E-state index is 13.2. The second-order valence-corrected chi connectivity index (χ2v) is 4.89. The van der Waals surface area contributed by atoms with E-state index in [1.807, 2.05) is 17.7 Å². The molecule has 2 N–H and O–H groups in total. The van der Waals surface area contributed by atoms with Gasteiger partial charge in [0.2, 0.25) is 0 Å². The predicted octanol–water partition coefficient (Wildman–Crippen LogP) is 2.86. The Labute approximate surface area is 118 Å². The molecule has 0 saturated carbocycles. The van der Waals surface area contributed by atoms with Gasteiger partial charge >= 0.3 is 0 Å². The van der Waals surface area contributed by atoms with Crippen LogP contribution in [0.3, 0.4) is 0 Å². The molecule has 20 heavy (non-hydrogen) atoms. The maximum Gasteiger partial charge on any atom is 0.123 e. The zero-order chi connectivity index (χ0) is 14.4. The monoisotopic (exact) mass is 277 g/mol. The molecular weight excluding hydrogens is 257 g/mol. The number of nitrogens with zero attached hydrogens (tertiary/aromatic N) is 2. The van der Waals surface area contributed by atoms with Crippen LogP contribution in [0.5, 0.6) is 5.75 Å². The summed E-state index contributed by atoms with van der Waals surface area (Å²) in [5.74, 6) is -0.198. The largest absolute Gasteiger partial charge is 0.508 e. The molecule has 1 aromatic heterocycles. The van der Waals surface area contributed by atoms with E-state index in [1.165, 1.54) is 18.2 Å². The van der Waals surface area contributed by atoms with Crippen LogP contribution in [0.1, 0.15) is 31.4 Å². The number of nitrogens with one attached hydrogen (secondary N) is 1. The number of aromatic hydroxyl groups is 1. The van der Waals surface area contributed by atoms with Crippen molar-refractivity contribution in [3.63, 3.8) is 0 Å². The Kier molecular flexibility index (Phi) is 5.12. The van der Waals surface area contributed by atoms with Crippen molar-refractivity contribution >= 4 is 0 Å². The van der Waals surface area contributed by atoms with Gasteiger partial charge in [0, 0.05) is 30.5 Å². The van der Waals surface area contributed by atoms with E-state index in [2.05, 4.69) is 10.3 Å². The minimum absolute atomic E-state index is 0.0704. The molecule has 1 unspecified atom stereocenters. The van der Waals surface area contributed by atoms with E-state index >= 15 is 0 Å². The summed E-state index contributed by atoms with van der Waals surface area (Å²) < 4.78 is 15.2. The van der Waals surface area contributed by atoms with Gasteiger partial charge in [0.15, 0.2) is 0 Å². The molecule has 2 rings (SSSR count). The van der Waals surface area contributed by atoms with Gasteiger partial charge in [-0.15, -0.1) is 0 Å². The first-order valence-electron chi connectivity index (χ1n) is 6.84. The smallest absolute Gasteiger partial charge is 0.123 e. The van der Waals surface area contributed by atoms with Crippen molar-refractivity contribution in [1.82, 2.24) is 14.9 Å². The predicted molar refractivity (Wildman–Crippen MR) is 75.9 cm³/mol. The van der Waals surface area contributed by atoms with Gasteiger partial charge in [-0.1, -0.05) is 0 Å². The van der Waals surface area contributed by atoms with Crippen molar-refractivity contribution in [1.29, 1.82) is 0 Å². The van der Waals surface area contributed by atoms with E-state index in [0.29, 0.717) is 5.56 Å². The molecular formula is C15H20FN3O. The molecule has 1 aromatic carbocycles. The van der Waals surface area contributed by atoms with Crippen molar-refractivity contribution in [2.45, 2.75) is 32.4 Å². The number of hydrogen-bond acceptors (Lipinski definition) is 3.